The van der Waals surface area contributed by atoms with Gasteiger partial charge in [-0.1, -0.05) is 20.8 Å². The summed E-state index contributed by atoms with van der Waals surface area (Å²) in [6.45, 7) is 6.99. The highest BCUT2D eigenvalue weighted by molar-refractivity contribution is 5.66. The van der Waals surface area contributed by atoms with Gasteiger partial charge in [0.25, 0.3) is 0 Å². The maximum atomic E-state index is 11.5. The second kappa shape index (κ2) is 7.27. The SMILES string of the molecule is C[C@H](CCC(=O)O)[C@H]1CC[C@@H]2[C@H]3CC[C@H]4C[C@H](O)CC[C@]4(C)[C@@H]3C[C@H](O)[C@]21C. The maximum absolute atomic E-state index is 11.5. The topological polar surface area (TPSA) is 77.8 Å². The van der Waals surface area contributed by atoms with Gasteiger partial charge in [0.1, 0.15) is 0 Å². The first-order valence-electron chi connectivity index (χ1n) is 11.8. The Labute approximate surface area is 170 Å². The third-order valence-corrected chi connectivity index (χ3v) is 10.3. The van der Waals surface area contributed by atoms with Gasteiger partial charge in [0.2, 0.25) is 0 Å². The van der Waals surface area contributed by atoms with E-state index in [2.05, 4.69) is 20.8 Å². The Bertz CT molecular complexity index is 605. The molecule has 0 aliphatic heterocycles. The molecule has 160 valence electrons. The van der Waals surface area contributed by atoms with Crippen LogP contribution in [-0.4, -0.2) is 33.5 Å². The molecular weight excluding hydrogens is 352 g/mol. The van der Waals surface area contributed by atoms with E-state index >= 15 is 0 Å². The molecule has 4 fully saturated rings. The van der Waals surface area contributed by atoms with Crippen LogP contribution in [0.2, 0.25) is 0 Å². The molecule has 0 radical (unpaired) electrons. The van der Waals surface area contributed by atoms with Crippen LogP contribution in [0.4, 0.5) is 0 Å². The van der Waals surface area contributed by atoms with Crippen molar-refractivity contribution in [3.8, 4) is 0 Å². The zero-order valence-electron chi connectivity index (χ0n) is 17.9. The van der Waals surface area contributed by atoms with Crippen molar-refractivity contribution in [3.63, 3.8) is 0 Å². The molecule has 4 rings (SSSR count). The molecule has 0 spiro atoms. The van der Waals surface area contributed by atoms with Crippen molar-refractivity contribution in [3.05, 3.63) is 0 Å². The molecule has 0 unspecified atom stereocenters. The number of aliphatic hydroxyl groups excluding tert-OH is 2. The molecule has 0 amide bonds. The molecule has 0 saturated heterocycles. The van der Waals surface area contributed by atoms with Gasteiger partial charge in [-0.2, -0.15) is 0 Å². The van der Waals surface area contributed by atoms with Gasteiger partial charge in [-0.05, 0) is 104 Å². The molecule has 0 heterocycles. The van der Waals surface area contributed by atoms with Crippen LogP contribution in [0.3, 0.4) is 0 Å². The number of fused-ring (bicyclic) bond motifs is 5. The third kappa shape index (κ3) is 3.05. The summed E-state index contributed by atoms with van der Waals surface area (Å²) in [5, 5.41) is 30.8. The number of hydrogen-bond acceptors (Lipinski definition) is 3. The molecule has 4 aliphatic carbocycles. The van der Waals surface area contributed by atoms with Crippen molar-refractivity contribution in [1.82, 2.24) is 0 Å². The molecule has 0 aromatic rings. The monoisotopic (exact) mass is 392 g/mol. The maximum Gasteiger partial charge on any atom is 0.303 e. The van der Waals surface area contributed by atoms with Crippen molar-refractivity contribution in [2.24, 2.45) is 46.3 Å². The van der Waals surface area contributed by atoms with Gasteiger partial charge < -0.3 is 15.3 Å². The van der Waals surface area contributed by atoms with E-state index in [1.165, 1.54) is 19.3 Å². The second-order valence-electron chi connectivity index (χ2n) is 11.3. The van der Waals surface area contributed by atoms with E-state index in [0.29, 0.717) is 35.5 Å². The van der Waals surface area contributed by atoms with Crippen molar-refractivity contribution >= 4 is 5.97 Å². The quantitative estimate of drug-likeness (QED) is 0.659. The predicted molar refractivity (Wildman–Crippen MR) is 109 cm³/mol. The minimum absolute atomic E-state index is 0.0591. The Morgan fingerprint density at radius 2 is 1.79 bits per heavy atom. The van der Waals surface area contributed by atoms with Gasteiger partial charge >= 0.3 is 5.97 Å². The van der Waals surface area contributed by atoms with Crippen molar-refractivity contribution in [1.29, 1.82) is 0 Å². The number of carboxylic acids is 1. The molecule has 3 N–H and O–H groups in total. The van der Waals surface area contributed by atoms with Crippen LogP contribution in [0.15, 0.2) is 0 Å². The lowest BCUT2D eigenvalue weighted by atomic mass is 9.43. The third-order valence-electron chi connectivity index (χ3n) is 10.3. The standard InChI is InChI=1S/C24H40O4/c1-14(4-9-22(27)28)18-7-8-19-17-6-5-15-12-16(25)10-11-23(15,2)20(17)13-21(26)24(18,19)3/h14-21,25-26H,4-13H2,1-3H3,(H,27,28)/t14-,15+,16-,17-,18-,19-,20-,21+,23+,24+/m1/s1. The highest BCUT2D eigenvalue weighted by Crippen LogP contribution is 2.68. The van der Waals surface area contributed by atoms with Crippen LogP contribution in [0.1, 0.15) is 85.0 Å². The molecule has 0 aromatic heterocycles. The Kier molecular flexibility index (Phi) is 5.36. The summed E-state index contributed by atoms with van der Waals surface area (Å²) >= 11 is 0. The normalized spacial score (nSPS) is 51.7. The molecule has 4 nitrogen and oxygen atoms in total. The number of aliphatic hydroxyl groups is 2. The highest BCUT2D eigenvalue weighted by Gasteiger charge is 2.63. The minimum atomic E-state index is -0.707. The van der Waals surface area contributed by atoms with Crippen LogP contribution in [0.25, 0.3) is 0 Å². The van der Waals surface area contributed by atoms with Crippen LogP contribution < -0.4 is 0 Å². The van der Waals surface area contributed by atoms with Gasteiger partial charge in [-0.25, -0.2) is 0 Å². The van der Waals surface area contributed by atoms with E-state index in [4.69, 9.17) is 5.11 Å². The number of carbonyl (C=O) groups is 1. The van der Waals surface area contributed by atoms with Crippen molar-refractivity contribution in [2.75, 3.05) is 0 Å². The highest BCUT2D eigenvalue weighted by atomic mass is 16.4. The second-order valence-corrected chi connectivity index (χ2v) is 11.3. The summed E-state index contributed by atoms with van der Waals surface area (Å²) in [6, 6.07) is 0. The minimum Gasteiger partial charge on any atom is -0.481 e. The number of aliphatic carboxylic acids is 1. The molecule has 4 aliphatic rings. The average molecular weight is 393 g/mol. The molecule has 0 aromatic carbocycles. The lowest BCUT2D eigenvalue weighted by Gasteiger charge is -2.62. The molecule has 0 bridgehead atoms. The van der Waals surface area contributed by atoms with E-state index in [-0.39, 0.29) is 29.5 Å². The van der Waals surface area contributed by atoms with Gasteiger partial charge in [0, 0.05) is 6.42 Å². The fourth-order valence-corrected chi connectivity index (χ4v) is 8.71. The van der Waals surface area contributed by atoms with Crippen LogP contribution >= 0.6 is 0 Å². The number of hydrogen-bond donors (Lipinski definition) is 3. The fourth-order valence-electron chi connectivity index (χ4n) is 8.71. The number of rotatable bonds is 4. The summed E-state index contributed by atoms with van der Waals surface area (Å²) in [7, 11) is 0. The lowest BCUT2D eigenvalue weighted by molar-refractivity contribution is -0.175. The van der Waals surface area contributed by atoms with E-state index < -0.39 is 5.97 Å². The predicted octanol–water partition coefficient (Wildman–Crippen LogP) is 4.48. The van der Waals surface area contributed by atoms with Gasteiger partial charge in [-0.3, -0.25) is 4.79 Å². The zero-order chi connectivity index (χ0) is 20.3. The fraction of sp³-hybridized carbons (Fsp3) is 0.958. The molecule has 10 atom stereocenters. The Morgan fingerprint density at radius 3 is 2.50 bits per heavy atom. The Morgan fingerprint density at radius 1 is 1.04 bits per heavy atom. The molecule has 4 saturated carbocycles. The lowest BCUT2D eigenvalue weighted by Crippen LogP contribution is -2.58. The van der Waals surface area contributed by atoms with Gasteiger partial charge in [0.15, 0.2) is 0 Å². The summed E-state index contributed by atoms with van der Waals surface area (Å²) in [5.74, 6) is 2.55. The van der Waals surface area contributed by atoms with Gasteiger partial charge in [0.05, 0.1) is 12.2 Å². The first-order valence-corrected chi connectivity index (χ1v) is 11.8. The Hall–Kier alpha value is -0.610. The van der Waals surface area contributed by atoms with Crippen LogP contribution in [-0.2, 0) is 4.79 Å². The number of carboxylic acid groups (broad SMARTS) is 1. The van der Waals surface area contributed by atoms with E-state index in [0.717, 1.165) is 38.5 Å². The first kappa shape index (κ1) is 20.7. The zero-order valence-corrected chi connectivity index (χ0v) is 17.9. The molecule has 4 heteroatoms. The summed E-state index contributed by atoms with van der Waals surface area (Å²) in [4.78, 5) is 11.1. The molecular formula is C24H40O4. The van der Waals surface area contributed by atoms with Crippen molar-refractivity contribution < 1.29 is 20.1 Å². The average Bonchev–Trinajstić information content (AvgIpc) is 3.00. The van der Waals surface area contributed by atoms with Crippen LogP contribution in [0, 0.1) is 46.3 Å². The summed E-state index contributed by atoms with van der Waals surface area (Å²) < 4.78 is 0. The summed E-state index contributed by atoms with van der Waals surface area (Å²) in [5.41, 5.74) is 0.216. The van der Waals surface area contributed by atoms with E-state index in [9.17, 15) is 15.0 Å². The smallest absolute Gasteiger partial charge is 0.303 e. The van der Waals surface area contributed by atoms with E-state index in [1.807, 2.05) is 0 Å². The van der Waals surface area contributed by atoms with Crippen LogP contribution in [0.5, 0.6) is 0 Å². The molecule has 28 heavy (non-hydrogen) atoms. The summed E-state index contributed by atoms with van der Waals surface area (Å²) in [6.07, 6.45) is 9.26. The first-order chi connectivity index (χ1) is 13.2. The Balaban J connectivity index is 1.56. The van der Waals surface area contributed by atoms with Gasteiger partial charge in [-0.15, -0.1) is 0 Å². The van der Waals surface area contributed by atoms with E-state index in [1.54, 1.807) is 0 Å². The largest absolute Gasteiger partial charge is 0.481 e. The van der Waals surface area contributed by atoms with Crippen molar-refractivity contribution in [2.45, 2.75) is 97.2 Å².